The monoisotopic (exact) mass is 179 g/mol. The van der Waals surface area contributed by atoms with Gasteiger partial charge in [-0.15, -0.1) is 0 Å². The molecule has 0 saturated heterocycles. The van der Waals surface area contributed by atoms with Gasteiger partial charge in [-0.2, -0.15) is 0 Å². The lowest BCUT2D eigenvalue weighted by atomic mass is 10.0. The predicted molar refractivity (Wildman–Crippen MR) is 52.3 cm³/mol. The SMILES string of the molecule is CC1(C)[CH]C1c1cccc(Cl)c1. The summed E-state index contributed by atoms with van der Waals surface area (Å²) >= 11 is 5.90. The standard InChI is InChI=1S/C11H12Cl/c1-11(2)7-10(11)8-4-3-5-9(12)6-8/h3-7,10H,1-2H3. The zero-order valence-corrected chi connectivity index (χ0v) is 8.10. The highest BCUT2D eigenvalue weighted by atomic mass is 35.5. The van der Waals surface area contributed by atoms with Crippen molar-refractivity contribution in [3.63, 3.8) is 0 Å². The molecule has 0 aliphatic heterocycles. The molecule has 0 amide bonds. The zero-order chi connectivity index (χ0) is 8.77. The number of hydrogen-bond donors (Lipinski definition) is 0. The van der Waals surface area contributed by atoms with Crippen molar-refractivity contribution in [2.75, 3.05) is 0 Å². The molecule has 1 radical (unpaired) electrons. The molecule has 1 atom stereocenters. The van der Waals surface area contributed by atoms with E-state index in [0.29, 0.717) is 11.3 Å². The molecule has 0 nitrogen and oxygen atoms in total. The first-order valence-electron chi connectivity index (χ1n) is 4.21. The molecule has 0 bridgehead atoms. The summed E-state index contributed by atoms with van der Waals surface area (Å²) in [6.07, 6.45) is 2.35. The van der Waals surface area contributed by atoms with Crippen molar-refractivity contribution >= 4 is 11.6 Å². The highest BCUT2D eigenvalue weighted by molar-refractivity contribution is 6.30. The van der Waals surface area contributed by atoms with Crippen LogP contribution in [-0.2, 0) is 0 Å². The van der Waals surface area contributed by atoms with E-state index >= 15 is 0 Å². The van der Waals surface area contributed by atoms with E-state index in [2.05, 4.69) is 32.4 Å². The second-order valence-corrected chi connectivity index (χ2v) is 4.46. The highest BCUT2D eigenvalue weighted by Gasteiger charge is 2.46. The van der Waals surface area contributed by atoms with E-state index in [4.69, 9.17) is 11.6 Å². The Morgan fingerprint density at radius 1 is 1.33 bits per heavy atom. The number of hydrogen-bond acceptors (Lipinski definition) is 0. The molecule has 1 aliphatic carbocycles. The van der Waals surface area contributed by atoms with Crippen LogP contribution < -0.4 is 0 Å². The first-order chi connectivity index (χ1) is 5.59. The third-order valence-electron chi connectivity index (χ3n) is 2.50. The van der Waals surface area contributed by atoms with Gasteiger partial charge in [-0.05, 0) is 35.4 Å². The molecule has 1 fully saturated rings. The molecular weight excluding hydrogens is 168 g/mol. The Morgan fingerprint density at radius 2 is 2.00 bits per heavy atom. The summed E-state index contributed by atoms with van der Waals surface area (Å²) in [6.45, 7) is 4.50. The maximum Gasteiger partial charge on any atom is 0.0408 e. The molecule has 0 aromatic heterocycles. The van der Waals surface area contributed by atoms with Crippen LogP contribution in [0.1, 0.15) is 25.3 Å². The third kappa shape index (κ3) is 1.36. The summed E-state index contributed by atoms with van der Waals surface area (Å²) < 4.78 is 0. The van der Waals surface area contributed by atoms with Crippen LogP contribution in [0.4, 0.5) is 0 Å². The van der Waals surface area contributed by atoms with Gasteiger partial charge in [0.05, 0.1) is 0 Å². The van der Waals surface area contributed by atoms with E-state index in [1.54, 1.807) is 0 Å². The average Bonchev–Trinajstić information content (AvgIpc) is 2.60. The van der Waals surface area contributed by atoms with Gasteiger partial charge in [-0.25, -0.2) is 0 Å². The maximum atomic E-state index is 5.90. The van der Waals surface area contributed by atoms with Gasteiger partial charge >= 0.3 is 0 Å². The van der Waals surface area contributed by atoms with Crippen molar-refractivity contribution < 1.29 is 0 Å². The Labute approximate surface area is 78.6 Å². The summed E-state index contributed by atoms with van der Waals surface area (Å²) in [5, 5.41) is 0.837. The zero-order valence-electron chi connectivity index (χ0n) is 7.34. The van der Waals surface area contributed by atoms with Crippen molar-refractivity contribution in [3.8, 4) is 0 Å². The van der Waals surface area contributed by atoms with E-state index in [1.165, 1.54) is 5.56 Å². The first kappa shape index (κ1) is 8.12. The van der Waals surface area contributed by atoms with Gasteiger partial charge in [0.2, 0.25) is 0 Å². The van der Waals surface area contributed by atoms with Crippen molar-refractivity contribution in [1.82, 2.24) is 0 Å². The summed E-state index contributed by atoms with van der Waals surface area (Å²) in [5.74, 6) is 0.608. The highest BCUT2D eigenvalue weighted by Crippen LogP contribution is 2.57. The average molecular weight is 180 g/mol. The lowest BCUT2D eigenvalue weighted by Crippen LogP contribution is -1.88. The first-order valence-corrected chi connectivity index (χ1v) is 4.59. The number of rotatable bonds is 1. The Kier molecular flexibility index (Phi) is 1.69. The normalized spacial score (nSPS) is 25.4. The van der Waals surface area contributed by atoms with Crippen LogP contribution in [0.2, 0.25) is 5.02 Å². The molecule has 1 aliphatic rings. The van der Waals surface area contributed by atoms with Gasteiger partial charge in [-0.3, -0.25) is 0 Å². The molecule has 1 aromatic carbocycles. The minimum atomic E-state index is 0.380. The van der Waals surface area contributed by atoms with Crippen LogP contribution in [0.15, 0.2) is 24.3 Å². The summed E-state index contributed by atoms with van der Waals surface area (Å²) in [4.78, 5) is 0. The fourth-order valence-electron chi connectivity index (χ4n) is 1.61. The molecule has 1 unspecified atom stereocenters. The van der Waals surface area contributed by atoms with Gasteiger partial charge in [0, 0.05) is 5.02 Å². The van der Waals surface area contributed by atoms with Crippen LogP contribution in [0.3, 0.4) is 0 Å². The fourth-order valence-corrected chi connectivity index (χ4v) is 1.81. The van der Waals surface area contributed by atoms with Gasteiger partial charge in [-0.1, -0.05) is 37.6 Å². The van der Waals surface area contributed by atoms with Gasteiger partial charge in [0.25, 0.3) is 0 Å². The Hall–Kier alpha value is -0.490. The molecule has 63 valence electrons. The van der Waals surface area contributed by atoms with Crippen molar-refractivity contribution in [3.05, 3.63) is 41.3 Å². The summed E-state index contributed by atoms with van der Waals surface area (Å²) in [5.41, 5.74) is 1.72. The topological polar surface area (TPSA) is 0 Å². The van der Waals surface area contributed by atoms with E-state index < -0.39 is 0 Å². The molecule has 1 aromatic rings. The fraction of sp³-hybridized carbons (Fsp3) is 0.364. The predicted octanol–water partition coefficient (Wildman–Crippen LogP) is 3.67. The second-order valence-electron chi connectivity index (χ2n) is 4.02. The van der Waals surface area contributed by atoms with Crippen molar-refractivity contribution in [1.29, 1.82) is 0 Å². The molecule has 0 heterocycles. The maximum absolute atomic E-state index is 5.90. The van der Waals surface area contributed by atoms with Crippen LogP contribution in [0.5, 0.6) is 0 Å². The van der Waals surface area contributed by atoms with Crippen LogP contribution in [-0.4, -0.2) is 0 Å². The van der Waals surface area contributed by atoms with E-state index in [1.807, 2.05) is 12.1 Å². The van der Waals surface area contributed by atoms with E-state index in [0.717, 1.165) is 5.02 Å². The Bertz CT molecular complexity index is 302. The molecule has 0 N–H and O–H groups in total. The quantitative estimate of drug-likeness (QED) is 0.617. The minimum Gasteiger partial charge on any atom is -0.0843 e. The van der Waals surface area contributed by atoms with E-state index in [9.17, 15) is 0 Å². The van der Waals surface area contributed by atoms with Crippen molar-refractivity contribution in [2.45, 2.75) is 19.8 Å². The molecule has 12 heavy (non-hydrogen) atoms. The Balaban J connectivity index is 2.26. The van der Waals surface area contributed by atoms with Crippen LogP contribution in [0.25, 0.3) is 0 Å². The summed E-state index contributed by atoms with van der Waals surface area (Å²) in [7, 11) is 0. The number of benzene rings is 1. The van der Waals surface area contributed by atoms with Gasteiger partial charge in [0.15, 0.2) is 0 Å². The molecule has 0 spiro atoms. The second kappa shape index (κ2) is 2.50. The lowest BCUT2D eigenvalue weighted by Gasteiger charge is -2.03. The molecule has 1 heteroatoms. The lowest BCUT2D eigenvalue weighted by molar-refractivity contribution is 0.640. The molecule has 1 saturated carbocycles. The Morgan fingerprint density at radius 3 is 2.50 bits per heavy atom. The molecular formula is C11H12Cl. The van der Waals surface area contributed by atoms with Gasteiger partial charge < -0.3 is 0 Å². The summed E-state index contributed by atoms with van der Waals surface area (Å²) in [6, 6.07) is 8.12. The third-order valence-corrected chi connectivity index (χ3v) is 2.73. The van der Waals surface area contributed by atoms with Crippen molar-refractivity contribution in [2.24, 2.45) is 5.41 Å². The van der Waals surface area contributed by atoms with E-state index in [-0.39, 0.29) is 0 Å². The number of halogens is 1. The largest absolute Gasteiger partial charge is 0.0843 e. The minimum absolute atomic E-state index is 0.380. The molecule has 2 rings (SSSR count). The van der Waals surface area contributed by atoms with Crippen LogP contribution >= 0.6 is 11.6 Å². The smallest absolute Gasteiger partial charge is 0.0408 e. The van der Waals surface area contributed by atoms with Crippen LogP contribution in [0, 0.1) is 11.8 Å². The van der Waals surface area contributed by atoms with Gasteiger partial charge in [0.1, 0.15) is 0 Å².